The normalized spacial score (nSPS) is 50.6. The molecule has 1 spiro atoms. The first-order chi connectivity index (χ1) is 16.8. The van der Waals surface area contributed by atoms with E-state index in [-0.39, 0.29) is 47.2 Å². The number of sulfonamides is 1. The lowest BCUT2D eigenvalue weighted by Gasteiger charge is -2.48. The van der Waals surface area contributed by atoms with Crippen LogP contribution in [0.2, 0.25) is 0 Å². The number of Topliss-reactive ketones (excluding diaryl/α,β-unsaturated/α-hetero) is 1. The lowest BCUT2D eigenvalue weighted by Crippen LogP contribution is -2.66. The minimum Gasteiger partial charge on any atom is -0.371 e. The van der Waals surface area contributed by atoms with Crippen LogP contribution < -0.4 is 0 Å². The predicted molar refractivity (Wildman–Crippen MR) is 126 cm³/mol. The zero-order valence-corrected chi connectivity index (χ0v) is 22.1. The maximum Gasteiger partial charge on any atom is 0.245 e. The number of aryl methyl sites for hydroxylation is 1. The van der Waals surface area contributed by atoms with Crippen LogP contribution in [-0.4, -0.2) is 66.6 Å². The summed E-state index contributed by atoms with van der Waals surface area (Å²) >= 11 is 0. The first-order valence-electron chi connectivity index (χ1n) is 13.2. The van der Waals surface area contributed by atoms with Crippen LogP contribution in [0.4, 0.5) is 0 Å². The van der Waals surface area contributed by atoms with Crippen LogP contribution in [-0.2, 0) is 33.8 Å². The van der Waals surface area contributed by atoms with E-state index in [1.165, 1.54) is 4.31 Å². The molecular weight excluding hydrogens is 482 g/mol. The van der Waals surface area contributed by atoms with Gasteiger partial charge in [0, 0.05) is 23.7 Å². The molecule has 194 valence electrons. The molecule has 0 N–H and O–H groups in total. The van der Waals surface area contributed by atoms with Crippen LogP contribution in [0.3, 0.4) is 0 Å². The Kier molecular flexibility index (Phi) is 3.93. The molecule has 9 rings (SSSR count). The molecular formula is C27H33NO7S. The minimum atomic E-state index is -3.90. The topological polar surface area (TPSA) is 91.4 Å². The van der Waals surface area contributed by atoms with Crippen LogP contribution in [0.25, 0.3) is 0 Å². The SMILES string of the molecule is Cc1ccc(S(=O)(=O)N2[C@@H](C[C@]34OC(C)(C)O[C@H]3[C@@H]3O[C@@H]5[C@@H]6C[C@@H]7[C@H]5[C@]7(C4=O)[C@@H]63)COC2(C)C)cc1. The molecule has 8 nitrogen and oxygen atoms in total. The number of ether oxygens (including phenoxy) is 4. The van der Waals surface area contributed by atoms with Crippen LogP contribution in [0.15, 0.2) is 29.2 Å². The van der Waals surface area contributed by atoms with E-state index in [1.807, 2.05) is 20.8 Å². The molecule has 0 radical (unpaired) electrons. The van der Waals surface area contributed by atoms with E-state index < -0.39 is 39.3 Å². The van der Waals surface area contributed by atoms with Gasteiger partial charge in [0.25, 0.3) is 0 Å². The summed E-state index contributed by atoms with van der Waals surface area (Å²) in [7, 11) is -3.90. The van der Waals surface area contributed by atoms with Gasteiger partial charge in [0.05, 0.1) is 29.8 Å². The molecule has 36 heavy (non-hydrogen) atoms. The molecule has 3 aliphatic heterocycles. The summed E-state index contributed by atoms with van der Waals surface area (Å²) in [5, 5.41) is 0. The quantitative estimate of drug-likeness (QED) is 0.609. The summed E-state index contributed by atoms with van der Waals surface area (Å²) in [5.41, 5.74) is -1.70. The van der Waals surface area contributed by atoms with Crippen LogP contribution in [0, 0.1) is 36.0 Å². The Morgan fingerprint density at radius 3 is 2.47 bits per heavy atom. The number of carbonyl (C=O) groups excluding carboxylic acids is 1. The van der Waals surface area contributed by atoms with Gasteiger partial charge in [-0.25, -0.2) is 8.42 Å². The van der Waals surface area contributed by atoms with Crippen molar-refractivity contribution in [2.24, 2.45) is 29.1 Å². The summed E-state index contributed by atoms with van der Waals surface area (Å²) in [6.45, 7) is 9.32. The van der Waals surface area contributed by atoms with Gasteiger partial charge in [-0.2, -0.15) is 4.31 Å². The van der Waals surface area contributed by atoms with Crippen LogP contribution in [0.1, 0.15) is 46.1 Å². The molecule has 6 bridgehead atoms. The van der Waals surface area contributed by atoms with Crippen molar-refractivity contribution >= 4 is 15.8 Å². The molecule has 1 aromatic carbocycles. The number of rotatable bonds is 4. The number of carbonyl (C=O) groups is 1. The maximum atomic E-state index is 14.6. The second-order valence-corrected chi connectivity index (χ2v) is 14.9. The number of nitrogens with zero attached hydrogens (tertiary/aromatic N) is 1. The van der Waals surface area contributed by atoms with Gasteiger partial charge in [-0.15, -0.1) is 0 Å². The van der Waals surface area contributed by atoms with E-state index in [2.05, 4.69) is 0 Å². The third-order valence-corrected chi connectivity index (χ3v) is 12.6. The summed E-state index contributed by atoms with van der Waals surface area (Å²) in [4.78, 5) is 14.8. The van der Waals surface area contributed by atoms with Gasteiger partial charge in [-0.05, 0) is 65.0 Å². The van der Waals surface area contributed by atoms with E-state index in [9.17, 15) is 13.2 Å². The Labute approximate surface area is 211 Å². The van der Waals surface area contributed by atoms with Crippen molar-refractivity contribution in [1.82, 2.24) is 4.31 Å². The Morgan fingerprint density at radius 1 is 1.06 bits per heavy atom. The fraction of sp³-hybridized carbons (Fsp3) is 0.741. The molecule has 0 amide bonds. The second-order valence-electron chi connectivity index (χ2n) is 13.0. The van der Waals surface area contributed by atoms with Gasteiger partial charge in [0.15, 0.2) is 17.2 Å². The van der Waals surface area contributed by atoms with E-state index in [4.69, 9.17) is 18.9 Å². The highest BCUT2D eigenvalue weighted by molar-refractivity contribution is 7.89. The number of benzene rings is 1. The zero-order chi connectivity index (χ0) is 25.2. The van der Waals surface area contributed by atoms with Gasteiger partial charge < -0.3 is 18.9 Å². The number of hydrogen-bond acceptors (Lipinski definition) is 7. The molecule has 0 unspecified atom stereocenters. The van der Waals surface area contributed by atoms with Gasteiger partial charge in [-0.1, -0.05) is 17.7 Å². The highest BCUT2D eigenvalue weighted by Crippen LogP contribution is 2.88. The van der Waals surface area contributed by atoms with Gasteiger partial charge >= 0.3 is 0 Å². The van der Waals surface area contributed by atoms with Crippen LogP contribution >= 0.6 is 0 Å². The molecule has 10 atom stereocenters. The average molecular weight is 516 g/mol. The van der Waals surface area contributed by atoms with Crippen molar-refractivity contribution in [1.29, 1.82) is 0 Å². The fourth-order valence-corrected chi connectivity index (χ4v) is 11.5. The molecule has 5 saturated carbocycles. The summed E-state index contributed by atoms with van der Waals surface area (Å²) in [6.07, 6.45) is 0.697. The number of hydrogen-bond donors (Lipinski definition) is 0. The molecule has 8 fully saturated rings. The molecule has 5 aliphatic carbocycles. The highest BCUT2D eigenvalue weighted by Gasteiger charge is 2.95. The highest BCUT2D eigenvalue weighted by atomic mass is 32.2. The zero-order valence-electron chi connectivity index (χ0n) is 21.3. The van der Waals surface area contributed by atoms with E-state index >= 15 is 0 Å². The molecule has 8 aliphatic rings. The Bertz CT molecular complexity index is 1310. The Balaban J connectivity index is 1.21. The minimum absolute atomic E-state index is 0.132. The lowest BCUT2D eigenvalue weighted by molar-refractivity contribution is -0.183. The molecule has 9 heteroatoms. The standard InChI is InChI=1S/C27H33NO7S/c1-13-6-8-15(9-7-13)36(30,31)28-14(12-32-24(28,2)3)11-26-22(34-25(4,5)35-26)21-18-16-10-17-19(20(16)33-21)27(17,18)23(26)29/h6-9,14,16-22H,10-12H2,1-5H3/t14-,16+,17+,18-,19+,20+,21+,22-,26-,27+/m0/s1. The van der Waals surface area contributed by atoms with Gasteiger partial charge in [0.1, 0.15) is 11.8 Å². The molecule has 1 aromatic rings. The van der Waals surface area contributed by atoms with Crippen LogP contribution in [0.5, 0.6) is 0 Å². The van der Waals surface area contributed by atoms with E-state index in [0.29, 0.717) is 17.8 Å². The number of fused-ring (bicyclic) bond motifs is 2. The molecule has 0 aromatic heterocycles. The monoisotopic (exact) mass is 515 g/mol. The fourth-order valence-electron chi connectivity index (χ4n) is 9.64. The van der Waals surface area contributed by atoms with Crippen molar-refractivity contribution in [3.8, 4) is 0 Å². The van der Waals surface area contributed by atoms with E-state index in [1.54, 1.807) is 38.1 Å². The number of ketones is 1. The first kappa shape index (κ1) is 22.6. The maximum absolute atomic E-state index is 14.6. The van der Waals surface area contributed by atoms with Crippen molar-refractivity contribution in [3.05, 3.63) is 29.8 Å². The van der Waals surface area contributed by atoms with Crippen molar-refractivity contribution < 1.29 is 32.2 Å². The van der Waals surface area contributed by atoms with Crippen molar-refractivity contribution in [2.75, 3.05) is 6.61 Å². The third-order valence-electron chi connectivity index (χ3n) is 10.5. The summed E-state index contributed by atoms with van der Waals surface area (Å²) < 4.78 is 55.1. The largest absolute Gasteiger partial charge is 0.371 e. The second kappa shape index (κ2) is 6.26. The van der Waals surface area contributed by atoms with Crippen molar-refractivity contribution in [3.63, 3.8) is 0 Å². The first-order valence-corrected chi connectivity index (χ1v) is 14.6. The lowest BCUT2D eigenvalue weighted by atomic mass is 9.64. The Morgan fingerprint density at radius 2 is 1.78 bits per heavy atom. The molecule has 3 heterocycles. The van der Waals surface area contributed by atoms with Crippen molar-refractivity contribution in [2.45, 2.75) is 93.8 Å². The molecule has 3 saturated heterocycles. The summed E-state index contributed by atoms with van der Waals surface area (Å²) in [5.74, 6) is 0.504. The summed E-state index contributed by atoms with van der Waals surface area (Å²) in [6, 6.07) is 6.28. The Hall–Kier alpha value is -1.36. The van der Waals surface area contributed by atoms with Gasteiger partial charge in [0.2, 0.25) is 10.0 Å². The average Bonchev–Trinajstić information content (AvgIpc) is 3.35. The predicted octanol–water partition coefficient (Wildman–Crippen LogP) is 2.63. The third kappa shape index (κ3) is 2.32. The smallest absolute Gasteiger partial charge is 0.245 e. The van der Waals surface area contributed by atoms with E-state index in [0.717, 1.165) is 12.0 Å². The van der Waals surface area contributed by atoms with Gasteiger partial charge in [-0.3, -0.25) is 4.79 Å².